The highest BCUT2D eigenvalue weighted by molar-refractivity contribution is 7.44. The van der Waals surface area contributed by atoms with Crippen LogP contribution in [0.2, 0.25) is 0 Å². The molecule has 1 aromatic heterocycles. The van der Waals surface area contributed by atoms with Gasteiger partial charge in [-0.05, 0) is 47.6 Å². The van der Waals surface area contributed by atoms with Crippen LogP contribution in [0.4, 0.5) is 5.82 Å². The molecule has 2 heterocycles. The van der Waals surface area contributed by atoms with E-state index in [2.05, 4.69) is 10.3 Å². The van der Waals surface area contributed by atoms with E-state index in [4.69, 9.17) is 19.0 Å². The van der Waals surface area contributed by atoms with E-state index in [9.17, 15) is 29.4 Å². The van der Waals surface area contributed by atoms with Crippen LogP contribution < -0.4 is 11.0 Å². The number of ketones is 2. The van der Waals surface area contributed by atoms with Crippen LogP contribution >= 0.6 is 8.53 Å². The number of nitrogens with one attached hydrogen (secondary N) is 1. The summed E-state index contributed by atoms with van der Waals surface area (Å²) in [5, 5.41) is 34.4. The normalized spacial score (nSPS) is 25.6. The molecule has 15 heteroatoms. The van der Waals surface area contributed by atoms with E-state index >= 15 is 0 Å². The van der Waals surface area contributed by atoms with E-state index in [0.717, 1.165) is 24.6 Å². The fourth-order valence-corrected chi connectivity index (χ4v) is 6.04. The monoisotopic (exact) mass is 569 g/mol. The van der Waals surface area contributed by atoms with Gasteiger partial charge >= 0.3 is 5.69 Å². The first-order valence-electron chi connectivity index (χ1n) is 12.3. The van der Waals surface area contributed by atoms with Gasteiger partial charge < -0.3 is 29.3 Å². The van der Waals surface area contributed by atoms with Crippen molar-refractivity contribution >= 4 is 31.8 Å². The summed E-state index contributed by atoms with van der Waals surface area (Å²) in [7, 11) is -1.83. The molecule has 1 aliphatic heterocycles. The number of nitriles is 1. The van der Waals surface area contributed by atoms with Crippen LogP contribution in [-0.4, -0.2) is 84.5 Å². The van der Waals surface area contributed by atoms with Gasteiger partial charge in [-0.25, -0.2) is 9.46 Å². The molecule has 0 saturated carbocycles. The summed E-state index contributed by atoms with van der Waals surface area (Å²) in [5.41, 5.74) is -6.73. The van der Waals surface area contributed by atoms with Gasteiger partial charge in [0.2, 0.25) is 11.5 Å². The van der Waals surface area contributed by atoms with Crippen molar-refractivity contribution in [3.8, 4) is 6.07 Å². The maximum absolute atomic E-state index is 12.8. The second-order valence-electron chi connectivity index (χ2n) is 9.65. The van der Waals surface area contributed by atoms with Crippen LogP contribution in [0.3, 0.4) is 0 Å². The Labute approximate surface area is 227 Å². The van der Waals surface area contributed by atoms with E-state index in [1.54, 1.807) is 0 Å². The van der Waals surface area contributed by atoms with Crippen molar-refractivity contribution in [2.45, 2.75) is 90.5 Å². The number of rotatable bonds is 13. The lowest BCUT2D eigenvalue weighted by Crippen LogP contribution is -2.66. The van der Waals surface area contributed by atoms with Gasteiger partial charge in [-0.3, -0.25) is 19.0 Å². The molecule has 2 rings (SSSR count). The van der Waals surface area contributed by atoms with Gasteiger partial charge in [0.25, 0.3) is 8.53 Å². The standard InChI is InChI=1S/C24H36N5O9P/c1-14(2)29(15(3)4)39(36-12-8-10-25)37-13-19-23(34,16(5)30)24(35,17(6)31)21(38-19)28-11-9-20(26-18(7)32)27-22(28)33/h9,11,14-15,19,21,34-35H,8,12-13H2,1-7H3,(H,26,27,32,33)/t19-,21-,23-,24+,39?/m1/s1. The minimum Gasteiger partial charge on any atom is -0.376 e. The maximum Gasteiger partial charge on any atom is 0.351 e. The van der Waals surface area contributed by atoms with Gasteiger partial charge in [-0.2, -0.15) is 10.2 Å². The molecule has 0 bridgehead atoms. The second kappa shape index (κ2) is 13.1. The van der Waals surface area contributed by atoms with Gasteiger partial charge in [0.15, 0.2) is 23.4 Å². The van der Waals surface area contributed by atoms with Crippen molar-refractivity contribution in [2.24, 2.45) is 0 Å². The summed E-state index contributed by atoms with van der Waals surface area (Å²) in [6.07, 6.45) is -2.26. The third-order valence-electron chi connectivity index (χ3n) is 6.16. The highest BCUT2D eigenvalue weighted by atomic mass is 31.2. The van der Waals surface area contributed by atoms with Crippen molar-refractivity contribution in [1.82, 2.24) is 14.2 Å². The number of carbonyl (C=O) groups excluding carboxylic acids is 3. The fourth-order valence-electron chi connectivity index (χ4n) is 4.44. The minimum absolute atomic E-state index is 0.0527. The molecule has 3 N–H and O–H groups in total. The van der Waals surface area contributed by atoms with Crippen LogP contribution in [0, 0.1) is 11.3 Å². The summed E-state index contributed by atoms with van der Waals surface area (Å²) >= 11 is 0. The van der Waals surface area contributed by atoms with E-state index < -0.39 is 61.8 Å². The number of nitrogens with zero attached hydrogens (tertiary/aromatic N) is 4. The molecule has 14 nitrogen and oxygen atoms in total. The molecule has 0 radical (unpaired) electrons. The Balaban J connectivity index is 2.52. The Bertz CT molecular complexity index is 1160. The molecule has 1 saturated heterocycles. The lowest BCUT2D eigenvalue weighted by Gasteiger charge is -2.38. The molecule has 1 fully saturated rings. The molecule has 1 aliphatic rings. The summed E-state index contributed by atoms with van der Waals surface area (Å²) in [4.78, 5) is 53.5. The van der Waals surface area contributed by atoms with Crippen LogP contribution in [0.25, 0.3) is 0 Å². The second-order valence-corrected chi connectivity index (χ2v) is 11.1. The van der Waals surface area contributed by atoms with Crippen LogP contribution in [0.5, 0.6) is 0 Å². The number of amides is 1. The molecule has 0 aliphatic carbocycles. The third-order valence-corrected chi connectivity index (χ3v) is 8.23. The van der Waals surface area contributed by atoms with Gasteiger partial charge in [0, 0.05) is 25.2 Å². The van der Waals surface area contributed by atoms with Crippen molar-refractivity contribution in [3.05, 3.63) is 22.7 Å². The minimum atomic E-state index is -2.89. The summed E-state index contributed by atoms with van der Waals surface area (Å²) < 4.78 is 20.3. The highest BCUT2D eigenvalue weighted by Gasteiger charge is 2.72. The molecule has 1 aromatic rings. The quantitative estimate of drug-likeness (QED) is 0.226. The SMILES string of the molecule is CC(=O)Nc1ccn([C@@H]2O[C@H](COP(OCCC#N)N(C(C)C)C(C)C)[C@](O)(C(C)=O)[C@]2(O)C(C)=O)c(=O)n1. The van der Waals surface area contributed by atoms with E-state index in [-0.39, 0.29) is 30.9 Å². The Kier molecular flexibility index (Phi) is 11.0. The Morgan fingerprint density at radius 2 is 1.77 bits per heavy atom. The van der Waals surface area contributed by atoms with E-state index in [1.807, 2.05) is 38.4 Å². The molecule has 216 valence electrons. The Morgan fingerprint density at radius 1 is 1.18 bits per heavy atom. The van der Waals surface area contributed by atoms with Crippen molar-refractivity contribution in [3.63, 3.8) is 0 Å². The molecule has 1 amide bonds. The van der Waals surface area contributed by atoms with Crippen LogP contribution in [0.15, 0.2) is 17.1 Å². The van der Waals surface area contributed by atoms with Crippen LogP contribution in [-0.2, 0) is 28.2 Å². The number of aromatic nitrogens is 2. The van der Waals surface area contributed by atoms with Gasteiger partial charge in [0.05, 0.1) is 25.7 Å². The highest BCUT2D eigenvalue weighted by Crippen LogP contribution is 2.50. The maximum atomic E-state index is 12.8. The smallest absolute Gasteiger partial charge is 0.351 e. The number of ether oxygens (including phenoxy) is 1. The molecular weight excluding hydrogens is 533 g/mol. The number of aliphatic hydroxyl groups is 2. The van der Waals surface area contributed by atoms with E-state index in [1.165, 1.54) is 13.0 Å². The van der Waals surface area contributed by atoms with Crippen molar-refractivity contribution < 1.29 is 38.4 Å². The zero-order chi connectivity index (χ0) is 29.7. The number of carbonyl (C=O) groups is 3. The average molecular weight is 570 g/mol. The number of hydrogen-bond donors (Lipinski definition) is 3. The Morgan fingerprint density at radius 3 is 2.23 bits per heavy atom. The zero-order valence-electron chi connectivity index (χ0n) is 23.1. The summed E-state index contributed by atoms with van der Waals surface area (Å²) in [6.45, 7) is 10.4. The predicted molar refractivity (Wildman–Crippen MR) is 139 cm³/mol. The molecule has 5 atom stereocenters. The third kappa shape index (κ3) is 6.58. The zero-order valence-corrected chi connectivity index (χ0v) is 24.0. The molecule has 0 aromatic carbocycles. The first-order chi connectivity index (χ1) is 18.1. The topological polar surface area (TPSA) is 193 Å². The molecular formula is C24H36N5O9P. The van der Waals surface area contributed by atoms with Crippen molar-refractivity contribution in [1.29, 1.82) is 5.26 Å². The largest absolute Gasteiger partial charge is 0.376 e. The van der Waals surface area contributed by atoms with Gasteiger partial charge in [-0.15, -0.1) is 0 Å². The predicted octanol–water partition coefficient (Wildman–Crippen LogP) is 1.03. The summed E-state index contributed by atoms with van der Waals surface area (Å²) in [6, 6.07) is 3.11. The van der Waals surface area contributed by atoms with Gasteiger partial charge in [-0.1, -0.05) is 0 Å². The molecule has 1 unspecified atom stereocenters. The molecule has 0 spiro atoms. The van der Waals surface area contributed by atoms with Gasteiger partial charge in [0.1, 0.15) is 11.9 Å². The lowest BCUT2D eigenvalue weighted by atomic mass is 9.75. The van der Waals surface area contributed by atoms with E-state index in [0.29, 0.717) is 0 Å². The Hall–Kier alpha value is -2.63. The van der Waals surface area contributed by atoms with Crippen molar-refractivity contribution in [2.75, 3.05) is 18.5 Å². The number of anilines is 1. The first-order valence-corrected chi connectivity index (χ1v) is 13.5. The first kappa shape index (κ1) is 32.6. The number of Topliss-reactive ketones (excluding diaryl/α,β-unsaturated/α-hetero) is 2. The fraction of sp³-hybridized carbons (Fsp3) is 0.667. The summed E-state index contributed by atoms with van der Waals surface area (Å²) in [5.74, 6) is -2.60. The van der Waals surface area contributed by atoms with Crippen LogP contribution in [0.1, 0.15) is 61.1 Å². The lowest BCUT2D eigenvalue weighted by molar-refractivity contribution is -0.181. The molecule has 39 heavy (non-hydrogen) atoms. The number of hydrogen-bond acceptors (Lipinski definition) is 12. The average Bonchev–Trinajstić information content (AvgIpc) is 3.05.